The van der Waals surface area contributed by atoms with Crippen molar-refractivity contribution in [3.63, 3.8) is 0 Å². The van der Waals surface area contributed by atoms with E-state index in [0.717, 1.165) is 27.3 Å². The molecule has 0 aliphatic heterocycles. The van der Waals surface area contributed by atoms with Gasteiger partial charge in [0.05, 0.1) is 5.41 Å². The third-order valence-corrected chi connectivity index (χ3v) is 15.3. The van der Waals surface area contributed by atoms with Crippen molar-refractivity contribution in [2.24, 2.45) is 0 Å². The highest BCUT2D eigenvalue weighted by Crippen LogP contribution is 2.63. The van der Waals surface area contributed by atoms with Gasteiger partial charge in [-0.25, -0.2) is 0 Å². The summed E-state index contributed by atoms with van der Waals surface area (Å²) in [6.45, 7) is 0. The molecule has 0 amide bonds. The third kappa shape index (κ3) is 4.95. The first-order valence-corrected chi connectivity index (χ1v) is 23.7. The second-order valence-corrected chi connectivity index (χ2v) is 18.5. The molecule has 13 aromatic carbocycles. The molecule has 0 N–H and O–H groups in total. The highest BCUT2D eigenvalue weighted by molar-refractivity contribution is 6.28. The molecule has 0 unspecified atom stereocenters. The lowest BCUT2D eigenvalue weighted by Crippen LogP contribution is -2.29. The molecule has 1 nitrogen and oxygen atoms in total. The third-order valence-electron chi connectivity index (χ3n) is 15.3. The number of hydrogen-bond donors (Lipinski definition) is 0. The molecule has 14 aromatic rings. The van der Waals surface area contributed by atoms with Gasteiger partial charge >= 0.3 is 0 Å². The molecule has 68 heavy (non-hydrogen) atoms. The minimum Gasteiger partial charge on any atom is -0.455 e. The van der Waals surface area contributed by atoms with E-state index in [1.807, 2.05) is 0 Å². The van der Waals surface area contributed by atoms with Gasteiger partial charge in [0.2, 0.25) is 0 Å². The molecule has 0 atom stereocenters. The topological polar surface area (TPSA) is 13.1 Å². The molecular weight excluding hydrogens is 821 g/mol. The van der Waals surface area contributed by atoms with E-state index in [4.69, 9.17) is 4.42 Å². The van der Waals surface area contributed by atoms with E-state index in [1.54, 1.807) is 0 Å². The fourth-order valence-electron chi connectivity index (χ4n) is 12.6. The van der Waals surface area contributed by atoms with Crippen molar-refractivity contribution in [3.05, 3.63) is 265 Å². The summed E-state index contributed by atoms with van der Waals surface area (Å²) >= 11 is 0. The first-order valence-electron chi connectivity index (χ1n) is 23.7. The molecule has 15 rings (SSSR count). The summed E-state index contributed by atoms with van der Waals surface area (Å²) in [7, 11) is 0. The van der Waals surface area contributed by atoms with Crippen LogP contribution in [0.5, 0.6) is 0 Å². The number of hydrogen-bond acceptors (Lipinski definition) is 1. The van der Waals surface area contributed by atoms with Crippen LogP contribution in [0.1, 0.15) is 22.3 Å². The van der Waals surface area contributed by atoms with Gasteiger partial charge in [-0.3, -0.25) is 0 Å². The largest absolute Gasteiger partial charge is 0.455 e. The van der Waals surface area contributed by atoms with Crippen molar-refractivity contribution in [2.45, 2.75) is 5.41 Å². The van der Waals surface area contributed by atoms with Crippen LogP contribution >= 0.6 is 0 Å². The van der Waals surface area contributed by atoms with Gasteiger partial charge in [0.15, 0.2) is 0 Å². The average molecular weight is 861 g/mol. The van der Waals surface area contributed by atoms with E-state index in [2.05, 4.69) is 243 Å². The van der Waals surface area contributed by atoms with Crippen LogP contribution in [0.2, 0.25) is 0 Å². The fraction of sp³-hybridized carbons (Fsp3) is 0.0149. The van der Waals surface area contributed by atoms with Crippen molar-refractivity contribution in [2.75, 3.05) is 0 Å². The van der Waals surface area contributed by atoms with E-state index < -0.39 is 5.41 Å². The SMILES string of the molecule is c1ccc(C2(c3ccccc3)c3cc(-c4c5ccccc5c(-c5ccc6oc7c8ccccc8ccc7c6c5)c5ccccc45)c4ccccc4c3-c3c2c2ccccc2c2ccccc32)cc1. The summed E-state index contributed by atoms with van der Waals surface area (Å²) in [5, 5.41) is 17.1. The minimum absolute atomic E-state index is 0.644. The number of fused-ring (bicyclic) bond motifs is 17. The molecule has 0 fully saturated rings. The Hall–Kier alpha value is -8.78. The predicted molar refractivity (Wildman–Crippen MR) is 287 cm³/mol. The zero-order valence-electron chi connectivity index (χ0n) is 37.0. The Morgan fingerprint density at radius 3 is 1.37 bits per heavy atom. The summed E-state index contributed by atoms with van der Waals surface area (Å²) in [5.74, 6) is 0. The highest BCUT2D eigenvalue weighted by atomic mass is 16.3. The molecule has 0 bridgehead atoms. The molecule has 314 valence electrons. The lowest BCUT2D eigenvalue weighted by Gasteiger charge is -2.35. The van der Waals surface area contributed by atoms with Gasteiger partial charge in [0.1, 0.15) is 11.2 Å². The van der Waals surface area contributed by atoms with Crippen LogP contribution in [0.15, 0.2) is 247 Å². The molecule has 0 saturated carbocycles. The Bertz CT molecular complexity index is 4330. The van der Waals surface area contributed by atoms with E-state index in [1.165, 1.54) is 115 Å². The maximum Gasteiger partial charge on any atom is 0.143 e. The first kappa shape index (κ1) is 37.4. The number of furan rings is 1. The van der Waals surface area contributed by atoms with Gasteiger partial charge in [0, 0.05) is 16.2 Å². The smallest absolute Gasteiger partial charge is 0.143 e. The van der Waals surface area contributed by atoms with E-state index in [9.17, 15) is 0 Å². The number of rotatable bonds is 4. The van der Waals surface area contributed by atoms with E-state index in [0.29, 0.717) is 0 Å². The Kier molecular flexibility index (Phi) is 7.77. The second-order valence-electron chi connectivity index (χ2n) is 18.5. The van der Waals surface area contributed by atoms with Gasteiger partial charge in [-0.15, -0.1) is 0 Å². The quantitative estimate of drug-likeness (QED) is 0.127. The Morgan fingerprint density at radius 1 is 0.279 bits per heavy atom. The first-order chi connectivity index (χ1) is 33.8. The maximum atomic E-state index is 6.64. The van der Waals surface area contributed by atoms with Crippen molar-refractivity contribution in [1.82, 2.24) is 0 Å². The summed E-state index contributed by atoms with van der Waals surface area (Å²) in [6.07, 6.45) is 0. The Morgan fingerprint density at radius 2 is 0.750 bits per heavy atom. The lowest BCUT2D eigenvalue weighted by atomic mass is 9.66. The molecule has 1 aliphatic rings. The van der Waals surface area contributed by atoms with Gasteiger partial charge in [0.25, 0.3) is 0 Å². The summed E-state index contributed by atoms with van der Waals surface area (Å²) < 4.78 is 6.64. The van der Waals surface area contributed by atoms with Crippen LogP contribution in [-0.2, 0) is 5.41 Å². The molecular formula is C67H40O. The Labute approximate surface area is 392 Å². The summed E-state index contributed by atoms with van der Waals surface area (Å²) in [4.78, 5) is 0. The van der Waals surface area contributed by atoms with Gasteiger partial charge in [-0.1, -0.05) is 218 Å². The Balaban J connectivity index is 1.09. The second kappa shape index (κ2) is 14.1. The molecule has 0 spiro atoms. The monoisotopic (exact) mass is 860 g/mol. The van der Waals surface area contributed by atoms with E-state index >= 15 is 0 Å². The summed E-state index contributed by atoms with van der Waals surface area (Å²) in [5.41, 5.74) is 13.9. The molecule has 1 heteroatoms. The van der Waals surface area contributed by atoms with Gasteiger partial charge in [-0.05, 0) is 139 Å². The highest BCUT2D eigenvalue weighted by Gasteiger charge is 2.49. The minimum atomic E-state index is -0.644. The zero-order valence-corrected chi connectivity index (χ0v) is 37.0. The van der Waals surface area contributed by atoms with Crippen LogP contribution in [0.4, 0.5) is 0 Å². The molecule has 1 heterocycles. The van der Waals surface area contributed by atoms with Crippen molar-refractivity contribution in [3.8, 4) is 33.4 Å². The van der Waals surface area contributed by atoms with Crippen LogP contribution in [0.25, 0.3) is 120 Å². The normalized spacial score (nSPS) is 13.1. The van der Waals surface area contributed by atoms with Crippen LogP contribution in [-0.4, -0.2) is 0 Å². The summed E-state index contributed by atoms with van der Waals surface area (Å²) in [6, 6.07) is 90.4. The molecule has 1 aromatic heterocycles. The van der Waals surface area contributed by atoms with Gasteiger partial charge < -0.3 is 4.42 Å². The maximum absolute atomic E-state index is 6.64. The van der Waals surface area contributed by atoms with Crippen LogP contribution in [0, 0.1) is 0 Å². The number of benzene rings is 13. The fourth-order valence-corrected chi connectivity index (χ4v) is 12.6. The molecule has 0 saturated heterocycles. The lowest BCUT2D eigenvalue weighted by molar-refractivity contribution is 0.672. The van der Waals surface area contributed by atoms with Crippen molar-refractivity contribution < 1.29 is 4.42 Å². The standard InChI is InChI=1S/C67H40O/c1-3-20-43(21-4-1)67(44-22-5-2-6-23-44)59-40-58(48-27-10-12-28-49(48)63(59)64-50-29-13-9-25-46(50)47-26-11-18-34-55(47)65(64)67)62-53-32-16-14-30-51(53)61(52-31-15-17-33-54(52)62)42-36-38-60-57(39-42)56-37-35-41-19-7-8-24-45(41)66(56)68-60/h1-40H. The molecule has 1 aliphatic carbocycles. The average Bonchev–Trinajstić information content (AvgIpc) is 3.95. The van der Waals surface area contributed by atoms with Gasteiger partial charge in [-0.2, -0.15) is 0 Å². The van der Waals surface area contributed by atoms with E-state index in [-0.39, 0.29) is 0 Å². The molecule has 0 radical (unpaired) electrons. The van der Waals surface area contributed by atoms with Crippen molar-refractivity contribution >= 4 is 86.6 Å². The van der Waals surface area contributed by atoms with Crippen molar-refractivity contribution in [1.29, 1.82) is 0 Å². The van der Waals surface area contributed by atoms with Crippen LogP contribution < -0.4 is 0 Å². The zero-order chi connectivity index (χ0) is 44.5. The van der Waals surface area contributed by atoms with Crippen LogP contribution in [0.3, 0.4) is 0 Å². The predicted octanol–water partition coefficient (Wildman–Crippen LogP) is 18.2.